The molecular weight excluding hydrogens is 276 g/mol. The van der Waals surface area contributed by atoms with Gasteiger partial charge < -0.3 is 10.2 Å². The Balaban J connectivity index is 1.88. The number of nitrogens with one attached hydrogen (secondary N) is 1. The van der Waals surface area contributed by atoms with Gasteiger partial charge in [-0.05, 0) is 31.3 Å². The molecule has 0 aliphatic carbocycles. The quantitative estimate of drug-likeness (QED) is 0.795. The summed E-state index contributed by atoms with van der Waals surface area (Å²) in [7, 11) is 0. The smallest absolute Gasteiger partial charge is 0.244 e. The number of hydrogen-bond donors (Lipinski definition) is 1. The number of hydrogen-bond acceptors (Lipinski definition) is 4. The van der Waals surface area contributed by atoms with Gasteiger partial charge in [0.15, 0.2) is 0 Å². The summed E-state index contributed by atoms with van der Waals surface area (Å²) >= 11 is 0. The number of carbonyl (C=O) groups is 1. The molecule has 1 aromatic heterocycles. The van der Waals surface area contributed by atoms with Crippen molar-refractivity contribution in [2.24, 2.45) is 0 Å². The first kappa shape index (κ1) is 16.1. The van der Waals surface area contributed by atoms with Gasteiger partial charge in [0.25, 0.3) is 0 Å². The summed E-state index contributed by atoms with van der Waals surface area (Å²) in [6.07, 6.45) is 4.86. The van der Waals surface area contributed by atoms with E-state index in [9.17, 15) is 4.79 Å². The fourth-order valence-corrected chi connectivity index (χ4v) is 2.15. The maximum absolute atomic E-state index is 11.8. The Morgan fingerprint density at radius 1 is 1.23 bits per heavy atom. The van der Waals surface area contributed by atoms with Crippen LogP contribution in [0.15, 0.2) is 36.5 Å². The zero-order chi connectivity index (χ0) is 15.8. The SMILES string of the molecule is CCN(CC)CCNC(=O)C=Cc1cnc2ccccc2n1. The number of likely N-dealkylation sites (N-methyl/N-ethyl adjacent to an activating group) is 1. The van der Waals surface area contributed by atoms with Gasteiger partial charge in [-0.25, -0.2) is 4.98 Å². The van der Waals surface area contributed by atoms with Crippen molar-refractivity contribution in [3.8, 4) is 0 Å². The largest absolute Gasteiger partial charge is 0.351 e. The van der Waals surface area contributed by atoms with Gasteiger partial charge in [0.05, 0.1) is 22.9 Å². The zero-order valence-corrected chi connectivity index (χ0v) is 13.1. The lowest BCUT2D eigenvalue weighted by atomic mass is 10.3. The summed E-state index contributed by atoms with van der Waals surface area (Å²) in [5, 5.41) is 2.87. The summed E-state index contributed by atoms with van der Waals surface area (Å²) in [5.41, 5.74) is 2.35. The predicted octanol–water partition coefficient (Wildman–Crippen LogP) is 2.10. The minimum Gasteiger partial charge on any atom is -0.351 e. The molecule has 1 amide bonds. The molecule has 5 nitrogen and oxygen atoms in total. The van der Waals surface area contributed by atoms with Crippen molar-refractivity contribution in [3.63, 3.8) is 0 Å². The molecule has 0 aliphatic rings. The Kier molecular flexibility index (Phi) is 6.03. The maximum Gasteiger partial charge on any atom is 0.244 e. The van der Waals surface area contributed by atoms with E-state index in [1.807, 2.05) is 24.3 Å². The van der Waals surface area contributed by atoms with Crippen molar-refractivity contribution in [3.05, 3.63) is 42.2 Å². The van der Waals surface area contributed by atoms with Crippen LogP contribution >= 0.6 is 0 Å². The van der Waals surface area contributed by atoms with E-state index in [-0.39, 0.29) is 5.91 Å². The third-order valence-electron chi connectivity index (χ3n) is 3.49. The van der Waals surface area contributed by atoms with Crippen molar-refractivity contribution in [1.82, 2.24) is 20.2 Å². The van der Waals surface area contributed by atoms with Gasteiger partial charge in [-0.3, -0.25) is 9.78 Å². The third-order valence-corrected chi connectivity index (χ3v) is 3.49. The number of nitrogens with zero attached hydrogens (tertiary/aromatic N) is 3. The number of benzene rings is 1. The van der Waals surface area contributed by atoms with Gasteiger partial charge in [0, 0.05) is 19.2 Å². The lowest BCUT2D eigenvalue weighted by molar-refractivity contribution is -0.116. The second-order valence-corrected chi connectivity index (χ2v) is 4.93. The second-order valence-electron chi connectivity index (χ2n) is 4.93. The minimum absolute atomic E-state index is 0.109. The lowest BCUT2D eigenvalue weighted by Gasteiger charge is -2.17. The number of aromatic nitrogens is 2. The molecule has 0 atom stereocenters. The average Bonchev–Trinajstić information content (AvgIpc) is 2.56. The van der Waals surface area contributed by atoms with Crippen molar-refractivity contribution >= 4 is 23.0 Å². The summed E-state index contributed by atoms with van der Waals surface area (Å²) in [4.78, 5) is 22.8. The molecule has 1 aromatic carbocycles. The molecule has 2 aromatic rings. The summed E-state index contributed by atoms with van der Waals surface area (Å²) in [6.45, 7) is 7.73. The van der Waals surface area contributed by atoms with E-state index in [4.69, 9.17) is 0 Å². The van der Waals surface area contributed by atoms with Crippen LogP contribution in [0.1, 0.15) is 19.5 Å². The molecule has 1 N–H and O–H groups in total. The lowest BCUT2D eigenvalue weighted by Crippen LogP contribution is -2.34. The van der Waals surface area contributed by atoms with Crippen LogP contribution < -0.4 is 5.32 Å². The maximum atomic E-state index is 11.8. The fourth-order valence-electron chi connectivity index (χ4n) is 2.15. The van der Waals surface area contributed by atoms with E-state index in [1.165, 1.54) is 6.08 Å². The summed E-state index contributed by atoms with van der Waals surface area (Å²) in [5.74, 6) is -0.109. The highest BCUT2D eigenvalue weighted by Gasteiger charge is 2.00. The molecule has 0 saturated heterocycles. The molecule has 0 bridgehead atoms. The number of amides is 1. The van der Waals surface area contributed by atoms with Gasteiger partial charge in [0.2, 0.25) is 5.91 Å². The summed E-state index contributed by atoms with van der Waals surface area (Å²) < 4.78 is 0. The highest BCUT2D eigenvalue weighted by molar-refractivity contribution is 5.91. The van der Waals surface area contributed by atoms with Crippen LogP contribution in [0.25, 0.3) is 17.1 Å². The first-order valence-corrected chi connectivity index (χ1v) is 7.63. The van der Waals surface area contributed by atoms with Gasteiger partial charge in [-0.1, -0.05) is 26.0 Å². The second kappa shape index (κ2) is 8.24. The number of fused-ring (bicyclic) bond motifs is 1. The predicted molar refractivity (Wildman–Crippen MR) is 89.4 cm³/mol. The van der Waals surface area contributed by atoms with Gasteiger partial charge in [0.1, 0.15) is 0 Å². The molecular formula is C17H22N4O. The van der Waals surface area contributed by atoms with Crippen LogP contribution in [0.2, 0.25) is 0 Å². The first-order valence-electron chi connectivity index (χ1n) is 7.63. The molecule has 22 heavy (non-hydrogen) atoms. The van der Waals surface area contributed by atoms with Crippen LogP contribution in [0.4, 0.5) is 0 Å². The Morgan fingerprint density at radius 2 is 1.95 bits per heavy atom. The standard InChI is InChI=1S/C17H22N4O/c1-3-21(4-2)12-11-18-17(22)10-9-14-13-19-15-7-5-6-8-16(15)20-14/h5-10,13H,3-4,11-12H2,1-2H3,(H,18,22). The molecule has 0 aliphatic heterocycles. The van der Waals surface area contributed by atoms with Crippen molar-refractivity contribution in [2.45, 2.75) is 13.8 Å². The molecule has 0 saturated carbocycles. The van der Waals surface area contributed by atoms with Crippen LogP contribution in [-0.4, -0.2) is 47.0 Å². The van der Waals surface area contributed by atoms with E-state index in [2.05, 4.69) is 34.0 Å². The number of carbonyl (C=O) groups excluding carboxylic acids is 1. The Hall–Kier alpha value is -2.27. The van der Waals surface area contributed by atoms with Crippen molar-refractivity contribution in [2.75, 3.05) is 26.2 Å². The van der Waals surface area contributed by atoms with E-state index in [1.54, 1.807) is 12.3 Å². The van der Waals surface area contributed by atoms with Gasteiger partial charge in [-0.15, -0.1) is 0 Å². The molecule has 2 rings (SSSR count). The normalized spacial score (nSPS) is 11.4. The zero-order valence-electron chi connectivity index (χ0n) is 13.1. The minimum atomic E-state index is -0.109. The first-order chi connectivity index (χ1) is 10.7. The van der Waals surface area contributed by atoms with Gasteiger partial charge in [-0.2, -0.15) is 0 Å². The molecule has 5 heteroatoms. The Morgan fingerprint density at radius 3 is 2.68 bits per heavy atom. The van der Waals surface area contributed by atoms with Crippen LogP contribution in [0.5, 0.6) is 0 Å². The third kappa shape index (κ3) is 4.63. The van der Waals surface area contributed by atoms with E-state index >= 15 is 0 Å². The fraction of sp³-hybridized carbons (Fsp3) is 0.353. The molecule has 1 heterocycles. The Labute approximate surface area is 131 Å². The van der Waals surface area contributed by atoms with Crippen molar-refractivity contribution < 1.29 is 4.79 Å². The van der Waals surface area contributed by atoms with E-state index < -0.39 is 0 Å². The molecule has 0 unspecified atom stereocenters. The van der Waals surface area contributed by atoms with Gasteiger partial charge >= 0.3 is 0 Å². The van der Waals surface area contributed by atoms with Crippen LogP contribution in [-0.2, 0) is 4.79 Å². The molecule has 0 radical (unpaired) electrons. The summed E-state index contributed by atoms with van der Waals surface area (Å²) in [6, 6.07) is 7.67. The van der Waals surface area contributed by atoms with Crippen molar-refractivity contribution in [1.29, 1.82) is 0 Å². The molecule has 0 fully saturated rings. The van der Waals surface area contributed by atoms with E-state index in [0.717, 1.165) is 30.7 Å². The highest BCUT2D eigenvalue weighted by Crippen LogP contribution is 2.09. The average molecular weight is 298 g/mol. The topological polar surface area (TPSA) is 58.1 Å². The molecule has 0 spiro atoms. The monoisotopic (exact) mass is 298 g/mol. The molecule has 116 valence electrons. The van der Waals surface area contributed by atoms with E-state index in [0.29, 0.717) is 12.2 Å². The van der Waals surface area contributed by atoms with Crippen LogP contribution in [0, 0.1) is 0 Å². The number of para-hydroxylation sites is 2. The number of rotatable bonds is 7. The highest BCUT2D eigenvalue weighted by atomic mass is 16.1. The van der Waals surface area contributed by atoms with Crippen LogP contribution in [0.3, 0.4) is 0 Å². The Bertz CT molecular complexity index is 650.